The zero-order valence-electron chi connectivity index (χ0n) is 19.5. The molecule has 2 aromatic rings. The van der Waals surface area contributed by atoms with E-state index < -0.39 is 27.9 Å². The number of nitrogens with one attached hydrogen (secondary N) is 3. The number of anilines is 1. The number of amides is 2. The maximum Gasteiger partial charge on any atom is 0.319 e. The van der Waals surface area contributed by atoms with Crippen LogP contribution >= 0.6 is 23.2 Å². The summed E-state index contributed by atoms with van der Waals surface area (Å²) in [5.74, 6) is -0.971. The summed E-state index contributed by atoms with van der Waals surface area (Å²) < 4.78 is 13.5. The van der Waals surface area contributed by atoms with Crippen LogP contribution in [0.4, 0.5) is 20.6 Å². The molecule has 0 heterocycles. The van der Waals surface area contributed by atoms with Crippen molar-refractivity contribution in [1.29, 1.82) is 0 Å². The Morgan fingerprint density at radius 2 is 1.88 bits per heavy atom. The smallest absolute Gasteiger partial charge is 0.319 e. The monoisotopic (exact) mass is 513 g/mol. The number of carbonyl (C=O) groups is 1. The lowest BCUT2D eigenvalue weighted by Gasteiger charge is -2.31. The number of carbonyl (C=O) groups excluding carboxylic acids is 1. The Hall–Kier alpha value is -2.46. The van der Waals surface area contributed by atoms with Gasteiger partial charge in [-0.3, -0.25) is 10.1 Å². The molecule has 1 unspecified atom stereocenters. The molecule has 0 saturated heterocycles. The number of rotatable bonds is 12. The van der Waals surface area contributed by atoms with Crippen LogP contribution in [0.2, 0.25) is 10.0 Å². The number of benzene rings is 2. The number of halogens is 3. The minimum absolute atomic E-state index is 0.115. The van der Waals surface area contributed by atoms with E-state index in [2.05, 4.69) is 20.9 Å². The van der Waals surface area contributed by atoms with E-state index in [-0.39, 0.29) is 12.2 Å². The highest BCUT2D eigenvalue weighted by molar-refractivity contribution is 6.42. The lowest BCUT2D eigenvalue weighted by atomic mass is 9.79. The minimum Gasteiger partial charge on any atom is -0.337 e. The van der Waals surface area contributed by atoms with Crippen molar-refractivity contribution in [1.82, 2.24) is 15.5 Å². The van der Waals surface area contributed by atoms with Gasteiger partial charge in [0.2, 0.25) is 5.82 Å². The third-order valence-corrected chi connectivity index (χ3v) is 6.21. The highest BCUT2D eigenvalue weighted by Crippen LogP contribution is 2.32. The largest absolute Gasteiger partial charge is 0.337 e. The lowest BCUT2D eigenvalue weighted by molar-refractivity contribution is -0.387. The van der Waals surface area contributed by atoms with Crippen LogP contribution in [0, 0.1) is 15.9 Å². The van der Waals surface area contributed by atoms with Crippen LogP contribution in [0.25, 0.3) is 0 Å². The van der Waals surface area contributed by atoms with E-state index in [1.165, 1.54) is 6.07 Å². The van der Waals surface area contributed by atoms with Gasteiger partial charge < -0.3 is 20.9 Å². The van der Waals surface area contributed by atoms with Gasteiger partial charge in [0.15, 0.2) is 0 Å². The number of urea groups is 1. The highest BCUT2D eigenvalue weighted by Gasteiger charge is 2.28. The molecule has 0 fully saturated rings. The fraction of sp³-hybridized carbons (Fsp3) is 0.435. The number of nitro groups is 1. The van der Waals surface area contributed by atoms with Crippen LogP contribution in [0.15, 0.2) is 36.4 Å². The zero-order valence-corrected chi connectivity index (χ0v) is 21.0. The Labute approximate surface area is 208 Å². The van der Waals surface area contributed by atoms with Crippen molar-refractivity contribution in [3.63, 3.8) is 0 Å². The molecule has 186 valence electrons. The van der Waals surface area contributed by atoms with Gasteiger partial charge in [0.05, 0.1) is 15.0 Å². The molecule has 0 saturated carbocycles. The molecule has 0 aliphatic rings. The summed E-state index contributed by atoms with van der Waals surface area (Å²) in [6.07, 6.45) is 1.72. The zero-order chi connectivity index (χ0) is 25.3. The Morgan fingerprint density at radius 1 is 1.15 bits per heavy atom. The minimum atomic E-state index is -0.971. The summed E-state index contributed by atoms with van der Waals surface area (Å²) in [6, 6.07) is 8.01. The van der Waals surface area contributed by atoms with E-state index in [0.29, 0.717) is 16.5 Å². The third-order valence-electron chi connectivity index (χ3n) is 5.47. The van der Waals surface area contributed by atoms with Gasteiger partial charge in [-0.25, -0.2) is 4.79 Å². The average Bonchev–Trinajstić information content (AvgIpc) is 2.77. The van der Waals surface area contributed by atoms with E-state index >= 15 is 0 Å². The molecule has 0 bridgehead atoms. The topological polar surface area (TPSA) is 99.5 Å². The molecule has 0 aliphatic heterocycles. The summed E-state index contributed by atoms with van der Waals surface area (Å²) >= 11 is 12.3. The third kappa shape index (κ3) is 8.39. The molecule has 8 nitrogen and oxygen atoms in total. The normalized spacial score (nSPS) is 12.9. The van der Waals surface area contributed by atoms with E-state index in [4.69, 9.17) is 23.2 Å². The second-order valence-corrected chi connectivity index (χ2v) is 9.39. The van der Waals surface area contributed by atoms with Gasteiger partial charge in [0.25, 0.3) is 0 Å². The first-order valence-electron chi connectivity index (χ1n) is 10.8. The molecule has 0 aromatic heterocycles. The van der Waals surface area contributed by atoms with Crippen molar-refractivity contribution < 1.29 is 14.1 Å². The van der Waals surface area contributed by atoms with Crippen LogP contribution in [0.3, 0.4) is 0 Å². The van der Waals surface area contributed by atoms with Crippen LogP contribution < -0.4 is 16.0 Å². The molecule has 3 N–H and O–H groups in total. The average molecular weight is 514 g/mol. The first-order chi connectivity index (χ1) is 16.0. The van der Waals surface area contributed by atoms with Crippen LogP contribution in [-0.2, 0) is 5.41 Å². The van der Waals surface area contributed by atoms with E-state index in [1.807, 2.05) is 27.1 Å². The molecule has 2 rings (SSSR count). The van der Waals surface area contributed by atoms with Crippen molar-refractivity contribution >= 4 is 40.6 Å². The summed E-state index contributed by atoms with van der Waals surface area (Å²) in [6.45, 7) is 4.85. The molecule has 0 spiro atoms. The summed E-state index contributed by atoms with van der Waals surface area (Å²) in [5.41, 5.74) is -0.160. The van der Waals surface area contributed by atoms with Gasteiger partial charge in [-0.1, -0.05) is 36.2 Å². The van der Waals surface area contributed by atoms with Crippen LogP contribution in [0.1, 0.15) is 25.3 Å². The fourth-order valence-corrected chi connectivity index (χ4v) is 3.69. The number of hydrogen-bond donors (Lipinski definition) is 3. The first-order valence-corrected chi connectivity index (χ1v) is 11.6. The van der Waals surface area contributed by atoms with Gasteiger partial charge in [0.1, 0.15) is 0 Å². The van der Waals surface area contributed by atoms with Gasteiger partial charge in [-0.2, -0.15) is 4.39 Å². The number of hydrogen-bond acceptors (Lipinski definition) is 5. The van der Waals surface area contributed by atoms with Crippen LogP contribution in [0.5, 0.6) is 0 Å². The van der Waals surface area contributed by atoms with E-state index in [0.717, 1.165) is 43.8 Å². The predicted molar refractivity (Wildman–Crippen MR) is 135 cm³/mol. The standard InChI is InChI=1S/C23H30Cl2FN5O3/c1-23(9-11-27-10-4-12-30(2)3,16-5-7-18(24)19(25)13-16)15-28-22(32)29-17-6-8-20(26)21(14-17)31(33)34/h5-8,13-14,27H,4,9-12,15H2,1-3H3,(H2,28,29,32). The Balaban J connectivity index is 2.05. The van der Waals surface area contributed by atoms with Gasteiger partial charge in [-0.05, 0) is 76.4 Å². The predicted octanol–water partition coefficient (Wildman–Crippen LogP) is 5.05. The van der Waals surface area contributed by atoms with Gasteiger partial charge in [-0.15, -0.1) is 0 Å². The first kappa shape index (κ1) is 27.8. The lowest BCUT2D eigenvalue weighted by Crippen LogP contribution is -2.42. The molecule has 0 radical (unpaired) electrons. The Morgan fingerprint density at radius 3 is 2.53 bits per heavy atom. The molecular weight excluding hydrogens is 484 g/mol. The van der Waals surface area contributed by atoms with Crippen molar-refractivity contribution in [2.45, 2.75) is 25.2 Å². The van der Waals surface area contributed by atoms with E-state index in [1.54, 1.807) is 12.1 Å². The summed E-state index contributed by atoms with van der Waals surface area (Å²) in [7, 11) is 4.06. The van der Waals surface area contributed by atoms with Gasteiger partial charge in [0, 0.05) is 23.7 Å². The van der Waals surface area contributed by atoms with Crippen molar-refractivity contribution in [3.05, 3.63) is 67.9 Å². The number of nitro benzene ring substituents is 1. The maximum atomic E-state index is 13.5. The maximum absolute atomic E-state index is 13.5. The molecule has 11 heteroatoms. The van der Waals surface area contributed by atoms with Crippen molar-refractivity contribution in [2.24, 2.45) is 0 Å². The molecule has 0 aliphatic carbocycles. The van der Waals surface area contributed by atoms with Crippen molar-refractivity contribution in [3.8, 4) is 0 Å². The van der Waals surface area contributed by atoms with Crippen LogP contribution in [-0.4, -0.2) is 56.1 Å². The second kappa shape index (κ2) is 12.9. The number of nitrogens with zero attached hydrogens (tertiary/aromatic N) is 2. The summed E-state index contributed by atoms with van der Waals surface area (Å²) in [4.78, 5) is 24.7. The fourth-order valence-electron chi connectivity index (χ4n) is 3.40. The molecule has 34 heavy (non-hydrogen) atoms. The van der Waals surface area contributed by atoms with Crippen molar-refractivity contribution in [2.75, 3.05) is 45.6 Å². The summed E-state index contributed by atoms with van der Waals surface area (Å²) in [5, 5.41) is 20.6. The SMILES string of the molecule is CN(C)CCCNCCC(C)(CNC(=O)Nc1ccc(F)c([N+](=O)[O-])c1)c1ccc(Cl)c(Cl)c1. The molecule has 2 amide bonds. The molecular formula is C23H30Cl2FN5O3. The molecule has 2 aromatic carbocycles. The quantitative estimate of drug-likeness (QED) is 0.209. The second-order valence-electron chi connectivity index (χ2n) is 8.58. The van der Waals surface area contributed by atoms with Gasteiger partial charge >= 0.3 is 11.7 Å². The van der Waals surface area contributed by atoms with E-state index in [9.17, 15) is 19.3 Å². The highest BCUT2D eigenvalue weighted by atomic mass is 35.5. The Kier molecular flexibility index (Phi) is 10.5. The Bertz CT molecular complexity index is 1010. The molecule has 1 atom stereocenters.